The van der Waals surface area contributed by atoms with E-state index in [2.05, 4.69) is 12.2 Å². The lowest BCUT2D eigenvalue weighted by Gasteiger charge is -2.23. The molecule has 1 aromatic carbocycles. The fourth-order valence-corrected chi connectivity index (χ4v) is 2.45. The minimum absolute atomic E-state index is 0.141. The molecule has 1 atom stereocenters. The zero-order chi connectivity index (χ0) is 17.0. The van der Waals surface area contributed by atoms with Crippen LogP contribution in [0.1, 0.15) is 44.2 Å². The van der Waals surface area contributed by atoms with E-state index in [1.807, 2.05) is 37.1 Å². The molecular formula is C18H24N2O3. The van der Waals surface area contributed by atoms with Crippen molar-refractivity contribution in [3.63, 3.8) is 0 Å². The Balaban J connectivity index is 2.25. The van der Waals surface area contributed by atoms with Gasteiger partial charge in [-0.2, -0.15) is 0 Å². The Morgan fingerprint density at radius 1 is 1.30 bits per heavy atom. The molecule has 0 radical (unpaired) electrons. The van der Waals surface area contributed by atoms with Gasteiger partial charge in [0.1, 0.15) is 5.58 Å². The molecule has 23 heavy (non-hydrogen) atoms. The number of hydrogen-bond acceptors (Lipinski definition) is 4. The summed E-state index contributed by atoms with van der Waals surface area (Å²) in [6.45, 7) is 6.27. The number of rotatable bonds is 7. The van der Waals surface area contributed by atoms with Gasteiger partial charge in [-0.05, 0) is 39.1 Å². The number of furan rings is 1. The van der Waals surface area contributed by atoms with Crippen molar-refractivity contribution in [1.82, 2.24) is 4.90 Å². The Morgan fingerprint density at radius 2 is 2.00 bits per heavy atom. The first-order valence-electron chi connectivity index (χ1n) is 7.99. The van der Waals surface area contributed by atoms with Crippen LogP contribution in [0.3, 0.4) is 0 Å². The maximum atomic E-state index is 12.5. The number of amides is 1. The van der Waals surface area contributed by atoms with E-state index in [-0.39, 0.29) is 23.5 Å². The molecule has 1 N–H and O–H groups in total. The minimum Gasteiger partial charge on any atom is -0.451 e. The van der Waals surface area contributed by atoms with Crippen molar-refractivity contribution in [2.24, 2.45) is 0 Å². The van der Waals surface area contributed by atoms with Crippen LogP contribution in [0.4, 0.5) is 5.69 Å². The molecule has 124 valence electrons. The van der Waals surface area contributed by atoms with Crippen molar-refractivity contribution in [1.29, 1.82) is 0 Å². The summed E-state index contributed by atoms with van der Waals surface area (Å²) >= 11 is 0. The monoisotopic (exact) mass is 316 g/mol. The maximum absolute atomic E-state index is 12.5. The topological polar surface area (TPSA) is 62.6 Å². The molecule has 0 fully saturated rings. The van der Waals surface area contributed by atoms with Gasteiger partial charge >= 0.3 is 0 Å². The molecule has 0 aliphatic rings. The average molecular weight is 316 g/mol. The van der Waals surface area contributed by atoms with Crippen LogP contribution in [0.25, 0.3) is 11.0 Å². The van der Waals surface area contributed by atoms with E-state index in [1.54, 1.807) is 6.07 Å². The number of ketones is 1. The number of para-hydroxylation sites is 1. The second-order valence-electron chi connectivity index (χ2n) is 5.86. The second-order valence-corrected chi connectivity index (χ2v) is 5.86. The number of carbonyl (C=O) groups is 2. The van der Waals surface area contributed by atoms with Crippen molar-refractivity contribution in [3.05, 3.63) is 30.0 Å². The fraction of sp³-hybridized carbons (Fsp3) is 0.444. The average Bonchev–Trinajstić information content (AvgIpc) is 2.90. The summed E-state index contributed by atoms with van der Waals surface area (Å²) in [5.74, 6) is -0.149. The van der Waals surface area contributed by atoms with Gasteiger partial charge in [0, 0.05) is 12.3 Å². The quantitative estimate of drug-likeness (QED) is 0.791. The molecule has 0 aliphatic carbocycles. The second kappa shape index (κ2) is 7.42. The fourth-order valence-electron chi connectivity index (χ4n) is 2.45. The minimum atomic E-state index is -0.282. The summed E-state index contributed by atoms with van der Waals surface area (Å²) in [6, 6.07) is 7.03. The molecule has 0 spiro atoms. The summed E-state index contributed by atoms with van der Waals surface area (Å²) in [5, 5.41) is 3.62. The summed E-state index contributed by atoms with van der Waals surface area (Å²) in [7, 11) is 1.93. The van der Waals surface area contributed by atoms with Crippen LogP contribution < -0.4 is 5.32 Å². The summed E-state index contributed by atoms with van der Waals surface area (Å²) in [6.07, 6.45) is 2.13. The van der Waals surface area contributed by atoms with Crippen LogP contribution in [0.5, 0.6) is 0 Å². The lowest BCUT2D eigenvalue weighted by molar-refractivity contribution is -0.120. The highest BCUT2D eigenvalue weighted by Crippen LogP contribution is 2.31. The highest BCUT2D eigenvalue weighted by atomic mass is 16.3. The molecule has 1 amide bonds. The smallest absolute Gasteiger partial charge is 0.241 e. The molecule has 0 saturated heterocycles. The first-order valence-corrected chi connectivity index (χ1v) is 7.99. The zero-order valence-corrected chi connectivity index (χ0v) is 14.2. The SMILES string of the molecule is CCCCN(C)C(C)C(=O)Nc1c(C(C)=O)oc2ccccc12. The van der Waals surface area contributed by atoms with E-state index in [0.717, 1.165) is 24.8 Å². The number of unbranched alkanes of at least 4 members (excludes halogenated alkanes) is 1. The van der Waals surface area contributed by atoms with Gasteiger partial charge in [0.25, 0.3) is 0 Å². The van der Waals surface area contributed by atoms with E-state index in [0.29, 0.717) is 11.3 Å². The molecule has 2 aromatic rings. The Labute approximate surface area is 136 Å². The van der Waals surface area contributed by atoms with Crippen molar-refractivity contribution < 1.29 is 14.0 Å². The first-order chi connectivity index (χ1) is 11.0. The number of anilines is 1. The number of Topliss-reactive ketones (excluding diaryl/α,β-unsaturated/α-hetero) is 1. The predicted molar refractivity (Wildman–Crippen MR) is 91.8 cm³/mol. The number of hydrogen-bond donors (Lipinski definition) is 1. The number of benzene rings is 1. The Morgan fingerprint density at radius 3 is 2.65 bits per heavy atom. The maximum Gasteiger partial charge on any atom is 0.241 e. The number of fused-ring (bicyclic) bond motifs is 1. The van der Waals surface area contributed by atoms with Gasteiger partial charge < -0.3 is 9.73 Å². The Kier molecular flexibility index (Phi) is 5.55. The molecule has 5 heteroatoms. The normalized spacial score (nSPS) is 12.6. The van der Waals surface area contributed by atoms with Crippen LogP contribution in [-0.4, -0.2) is 36.2 Å². The molecular weight excluding hydrogens is 292 g/mol. The van der Waals surface area contributed by atoms with Gasteiger partial charge in [-0.25, -0.2) is 0 Å². The van der Waals surface area contributed by atoms with Gasteiger partial charge in [0.05, 0.1) is 11.7 Å². The molecule has 1 aromatic heterocycles. The van der Waals surface area contributed by atoms with E-state index >= 15 is 0 Å². The van der Waals surface area contributed by atoms with E-state index in [1.165, 1.54) is 6.92 Å². The lowest BCUT2D eigenvalue weighted by atomic mass is 10.1. The van der Waals surface area contributed by atoms with Crippen molar-refractivity contribution >= 4 is 28.3 Å². The zero-order valence-electron chi connectivity index (χ0n) is 14.2. The molecule has 0 saturated carbocycles. The largest absolute Gasteiger partial charge is 0.451 e. The van der Waals surface area contributed by atoms with Crippen LogP contribution in [-0.2, 0) is 4.79 Å². The third-order valence-corrected chi connectivity index (χ3v) is 4.07. The van der Waals surface area contributed by atoms with Gasteiger partial charge in [0.2, 0.25) is 5.91 Å². The van der Waals surface area contributed by atoms with Gasteiger partial charge in [-0.15, -0.1) is 0 Å². The Bertz CT molecular complexity index is 705. The lowest BCUT2D eigenvalue weighted by Crippen LogP contribution is -2.40. The predicted octanol–water partition coefficient (Wildman–Crippen LogP) is 3.69. The molecule has 0 aliphatic heterocycles. The summed E-state index contributed by atoms with van der Waals surface area (Å²) in [4.78, 5) is 26.3. The van der Waals surface area contributed by atoms with Crippen LogP contribution in [0.2, 0.25) is 0 Å². The van der Waals surface area contributed by atoms with Crippen LogP contribution >= 0.6 is 0 Å². The summed E-state index contributed by atoms with van der Waals surface area (Å²) < 4.78 is 5.59. The first kappa shape index (κ1) is 17.2. The van der Waals surface area contributed by atoms with Crippen molar-refractivity contribution in [2.45, 2.75) is 39.7 Å². The summed E-state index contributed by atoms with van der Waals surface area (Å²) in [5.41, 5.74) is 1.06. The highest BCUT2D eigenvalue weighted by molar-refractivity contribution is 6.11. The van der Waals surface area contributed by atoms with Crippen LogP contribution in [0, 0.1) is 0 Å². The molecule has 1 unspecified atom stereocenters. The number of likely N-dealkylation sites (N-methyl/N-ethyl adjacent to an activating group) is 1. The third kappa shape index (κ3) is 3.79. The molecule has 5 nitrogen and oxygen atoms in total. The van der Waals surface area contributed by atoms with Crippen molar-refractivity contribution in [2.75, 3.05) is 18.9 Å². The van der Waals surface area contributed by atoms with Gasteiger partial charge in [-0.3, -0.25) is 14.5 Å². The number of nitrogens with zero attached hydrogens (tertiary/aromatic N) is 1. The third-order valence-electron chi connectivity index (χ3n) is 4.07. The highest BCUT2D eigenvalue weighted by Gasteiger charge is 2.23. The van der Waals surface area contributed by atoms with Crippen molar-refractivity contribution in [3.8, 4) is 0 Å². The van der Waals surface area contributed by atoms with E-state index in [9.17, 15) is 9.59 Å². The van der Waals surface area contributed by atoms with Crippen LogP contribution in [0.15, 0.2) is 28.7 Å². The molecule has 0 bridgehead atoms. The number of carbonyl (C=O) groups excluding carboxylic acids is 2. The molecule has 2 rings (SSSR count). The van der Waals surface area contributed by atoms with E-state index < -0.39 is 0 Å². The Hall–Kier alpha value is -2.14. The van der Waals surface area contributed by atoms with Gasteiger partial charge in [-0.1, -0.05) is 25.5 Å². The standard InChI is InChI=1S/C18H24N2O3/c1-5-6-11-20(4)12(2)18(22)19-16-14-9-7-8-10-15(14)23-17(16)13(3)21/h7-10,12H,5-6,11H2,1-4H3,(H,19,22). The molecule has 1 heterocycles. The van der Waals surface area contributed by atoms with E-state index in [4.69, 9.17) is 4.42 Å². The number of nitrogens with one attached hydrogen (secondary N) is 1. The van der Waals surface area contributed by atoms with Gasteiger partial charge in [0.15, 0.2) is 11.5 Å².